The number of aliphatic hydroxyl groups is 1. The van der Waals surface area contributed by atoms with Crippen LogP contribution in [0.25, 0.3) is 0 Å². The summed E-state index contributed by atoms with van der Waals surface area (Å²) in [4.78, 5) is 44.9. The van der Waals surface area contributed by atoms with E-state index in [1.165, 1.54) is 12.1 Å². The van der Waals surface area contributed by atoms with E-state index in [0.717, 1.165) is 13.3 Å². The molecule has 0 aliphatic carbocycles. The molecule has 0 saturated carbocycles. The number of benzene rings is 1. The number of amides is 2. The molecule has 0 aliphatic rings. The Balaban J connectivity index is 0.00000220. The van der Waals surface area contributed by atoms with Gasteiger partial charge in [0, 0.05) is 13.3 Å². The lowest BCUT2D eigenvalue weighted by Gasteiger charge is -2.22. The van der Waals surface area contributed by atoms with Crippen LogP contribution < -0.4 is 22.1 Å². The molecule has 1 rings (SSSR count). The number of nitrogens with two attached hydrogens (primary N) is 2. The highest BCUT2D eigenvalue weighted by atomic mass is 16.4. The molecule has 0 fully saturated rings. The predicted octanol–water partition coefficient (Wildman–Crippen LogP) is -1.47. The molecule has 1 aromatic rings. The van der Waals surface area contributed by atoms with Gasteiger partial charge in [-0.3, -0.25) is 14.4 Å². The number of unbranched alkanes of at least 4 members (excludes halogenated alkanes) is 1. The van der Waals surface area contributed by atoms with Gasteiger partial charge in [0.25, 0.3) is 5.97 Å². The van der Waals surface area contributed by atoms with E-state index in [0.29, 0.717) is 24.9 Å². The first-order valence-electron chi connectivity index (χ1n) is 9.89. The number of hydrogen-bond acceptors (Lipinski definition) is 8. The second-order valence-corrected chi connectivity index (χ2v) is 6.92. The molecular formula is C20H32N4O8. The van der Waals surface area contributed by atoms with Crippen LogP contribution in [0.5, 0.6) is 5.75 Å². The maximum Gasteiger partial charge on any atom is 0.328 e. The molecule has 3 unspecified atom stereocenters. The topological polar surface area (TPSA) is 225 Å². The fourth-order valence-electron chi connectivity index (χ4n) is 2.45. The lowest BCUT2D eigenvalue weighted by molar-refractivity contribution is -0.143. The van der Waals surface area contributed by atoms with Gasteiger partial charge in [-0.05, 0) is 37.1 Å². The Bertz CT molecular complexity index is 738. The quantitative estimate of drug-likeness (QED) is 0.170. The fraction of sp³-hybridized carbons (Fsp3) is 0.500. The van der Waals surface area contributed by atoms with Gasteiger partial charge in [0.1, 0.15) is 17.8 Å². The Labute approximate surface area is 185 Å². The highest BCUT2D eigenvalue weighted by molar-refractivity contribution is 5.92. The van der Waals surface area contributed by atoms with Crippen LogP contribution in [0.15, 0.2) is 24.3 Å². The Morgan fingerprint density at radius 3 is 1.97 bits per heavy atom. The van der Waals surface area contributed by atoms with E-state index >= 15 is 0 Å². The van der Waals surface area contributed by atoms with Crippen LogP contribution in [-0.2, 0) is 25.6 Å². The number of aliphatic carboxylic acids is 2. The molecule has 10 N–H and O–H groups in total. The molecule has 0 heterocycles. The summed E-state index contributed by atoms with van der Waals surface area (Å²) in [7, 11) is 0. The van der Waals surface area contributed by atoms with Gasteiger partial charge in [0.05, 0.1) is 12.6 Å². The average Bonchev–Trinajstić information content (AvgIpc) is 2.72. The summed E-state index contributed by atoms with van der Waals surface area (Å²) in [6.45, 7) is 0.775. The number of carbonyl (C=O) groups is 4. The normalized spacial score (nSPS) is 13.0. The van der Waals surface area contributed by atoms with Crippen molar-refractivity contribution in [3.63, 3.8) is 0 Å². The van der Waals surface area contributed by atoms with E-state index in [1.807, 2.05) is 0 Å². The number of carbonyl (C=O) groups excluding carboxylic acids is 2. The molecule has 0 radical (unpaired) electrons. The second-order valence-electron chi connectivity index (χ2n) is 6.92. The Kier molecular flexibility index (Phi) is 14.0. The summed E-state index contributed by atoms with van der Waals surface area (Å²) >= 11 is 0. The predicted molar refractivity (Wildman–Crippen MR) is 115 cm³/mol. The van der Waals surface area contributed by atoms with Crippen LogP contribution in [0.4, 0.5) is 0 Å². The Hall–Kier alpha value is -3.22. The summed E-state index contributed by atoms with van der Waals surface area (Å²) in [6, 6.07) is 2.57. The summed E-state index contributed by atoms with van der Waals surface area (Å²) < 4.78 is 0. The van der Waals surface area contributed by atoms with Gasteiger partial charge in [0.15, 0.2) is 0 Å². The number of carboxylic acids is 2. The van der Waals surface area contributed by atoms with Crippen LogP contribution in [-0.4, -0.2) is 75.5 Å². The van der Waals surface area contributed by atoms with E-state index in [9.17, 15) is 19.5 Å². The van der Waals surface area contributed by atoms with E-state index in [2.05, 4.69) is 10.6 Å². The molecule has 0 bridgehead atoms. The van der Waals surface area contributed by atoms with Crippen molar-refractivity contribution in [2.75, 3.05) is 13.2 Å². The van der Waals surface area contributed by atoms with E-state index in [4.69, 9.17) is 31.6 Å². The molecule has 180 valence electrons. The molecule has 0 aliphatic heterocycles. The van der Waals surface area contributed by atoms with E-state index < -0.39 is 48.5 Å². The second kappa shape index (κ2) is 15.6. The van der Waals surface area contributed by atoms with Crippen molar-refractivity contribution in [2.45, 2.75) is 50.7 Å². The fourth-order valence-corrected chi connectivity index (χ4v) is 2.45. The smallest absolute Gasteiger partial charge is 0.328 e. The van der Waals surface area contributed by atoms with Gasteiger partial charge in [-0.15, -0.1) is 0 Å². The summed E-state index contributed by atoms with van der Waals surface area (Å²) in [5.41, 5.74) is 11.9. The minimum Gasteiger partial charge on any atom is -0.508 e. The summed E-state index contributed by atoms with van der Waals surface area (Å²) in [5.74, 6) is -3.50. The van der Waals surface area contributed by atoms with Crippen LogP contribution in [0, 0.1) is 0 Å². The maximum atomic E-state index is 12.5. The standard InChI is InChI=1S/C18H28N4O6.C2H4O2/c19-8-2-1-3-13(20)16(25)21-14(9-11-4-6-12(24)7-5-11)17(26)22-15(10-23)18(27)28;1-2(3)4/h4-7,13-15,23-24H,1-3,8-10,19-20H2,(H,21,25)(H,22,26)(H,27,28);1H3,(H,3,4). The third-order valence-corrected chi connectivity index (χ3v) is 4.11. The van der Waals surface area contributed by atoms with Crippen LogP contribution >= 0.6 is 0 Å². The SMILES string of the molecule is CC(=O)O.NCCCCC(N)C(=O)NC(Cc1ccc(O)cc1)C(=O)NC(CO)C(=O)O. The number of phenols is 1. The van der Waals surface area contributed by atoms with Crippen molar-refractivity contribution in [1.82, 2.24) is 10.6 Å². The highest BCUT2D eigenvalue weighted by Gasteiger charge is 2.27. The lowest BCUT2D eigenvalue weighted by Crippen LogP contribution is -2.55. The first-order chi connectivity index (χ1) is 15.0. The van der Waals surface area contributed by atoms with Gasteiger partial charge >= 0.3 is 5.97 Å². The van der Waals surface area contributed by atoms with Gasteiger partial charge in [-0.1, -0.05) is 18.6 Å². The van der Waals surface area contributed by atoms with Crippen molar-refractivity contribution < 1.29 is 39.6 Å². The minimum atomic E-state index is -1.50. The number of aromatic hydroxyl groups is 1. The zero-order chi connectivity index (χ0) is 24.7. The minimum absolute atomic E-state index is 0.0435. The van der Waals surface area contributed by atoms with Crippen LogP contribution in [0.3, 0.4) is 0 Å². The van der Waals surface area contributed by atoms with Gasteiger partial charge in [-0.2, -0.15) is 0 Å². The molecule has 1 aromatic carbocycles. The van der Waals surface area contributed by atoms with Crippen molar-refractivity contribution in [2.24, 2.45) is 11.5 Å². The molecule has 0 spiro atoms. The number of aliphatic hydroxyl groups excluding tert-OH is 1. The first-order valence-corrected chi connectivity index (χ1v) is 9.89. The van der Waals surface area contributed by atoms with Crippen molar-refractivity contribution in [3.05, 3.63) is 29.8 Å². The number of carboxylic acid groups (broad SMARTS) is 2. The Morgan fingerprint density at radius 2 is 1.50 bits per heavy atom. The first kappa shape index (κ1) is 28.8. The van der Waals surface area contributed by atoms with Gasteiger partial charge in [0.2, 0.25) is 11.8 Å². The van der Waals surface area contributed by atoms with Crippen LogP contribution in [0.2, 0.25) is 0 Å². The third-order valence-electron chi connectivity index (χ3n) is 4.11. The molecule has 3 atom stereocenters. The highest BCUT2D eigenvalue weighted by Crippen LogP contribution is 2.12. The van der Waals surface area contributed by atoms with Gasteiger partial charge in [-0.25, -0.2) is 4.79 Å². The van der Waals surface area contributed by atoms with Crippen molar-refractivity contribution in [3.8, 4) is 5.75 Å². The molecule has 0 saturated heterocycles. The number of rotatable bonds is 12. The summed E-state index contributed by atoms with van der Waals surface area (Å²) in [5, 5.41) is 39.6. The van der Waals surface area contributed by atoms with E-state index in [-0.39, 0.29) is 12.2 Å². The number of phenolic OH excluding ortho intramolecular Hbond substituents is 1. The lowest BCUT2D eigenvalue weighted by atomic mass is 10.0. The van der Waals surface area contributed by atoms with E-state index in [1.54, 1.807) is 12.1 Å². The number of hydrogen-bond donors (Lipinski definition) is 8. The van der Waals surface area contributed by atoms with Crippen LogP contribution in [0.1, 0.15) is 31.7 Å². The van der Waals surface area contributed by atoms with Crippen molar-refractivity contribution >= 4 is 23.8 Å². The zero-order valence-corrected chi connectivity index (χ0v) is 17.9. The molecular weight excluding hydrogens is 424 g/mol. The molecule has 12 nitrogen and oxygen atoms in total. The maximum absolute atomic E-state index is 12.5. The number of nitrogens with one attached hydrogen (secondary N) is 2. The van der Waals surface area contributed by atoms with Gasteiger partial charge < -0.3 is 42.5 Å². The molecule has 32 heavy (non-hydrogen) atoms. The zero-order valence-electron chi connectivity index (χ0n) is 17.9. The largest absolute Gasteiger partial charge is 0.508 e. The third kappa shape index (κ3) is 12.5. The Morgan fingerprint density at radius 1 is 0.969 bits per heavy atom. The molecule has 0 aromatic heterocycles. The molecule has 12 heteroatoms. The van der Waals surface area contributed by atoms with Crippen molar-refractivity contribution in [1.29, 1.82) is 0 Å². The summed E-state index contributed by atoms with van der Waals surface area (Å²) in [6.07, 6.45) is 1.82. The monoisotopic (exact) mass is 456 g/mol. The molecule has 2 amide bonds. The average molecular weight is 456 g/mol.